The largest absolute Gasteiger partial charge is 0.463 e. The van der Waals surface area contributed by atoms with E-state index in [1.165, 1.54) is 29.1 Å². The molecule has 0 spiro atoms. The van der Waals surface area contributed by atoms with Gasteiger partial charge in [0.1, 0.15) is 12.2 Å². The summed E-state index contributed by atoms with van der Waals surface area (Å²) in [5, 5.41) is 5.09. The maximum atomic E-state index is 12.9. The van der Waals surface area contributed by atoms with Crippen molar-refractivity contribution in [3.05, 3.63) is 59.3 Å². The first-order chi connectivity index (χ1) is 14.8. The number of furan rings is 1. The van der Waals surface area contributed by atoms with Crippen LogP contribution in [0.15, 0.2) is 58.0 Å². The van der Waals surface area contributed by atoms with Crippen LogP contribution in [0.25, 0.3) is 22.6 Å². The topological polar surface area (TPSA) is 77.4 Å². The Hall–Kier alpha value is -2.97. The fourth-order valence-corrected chi connectivity index (χ4v) is 4.81. The Balaban J connectivity index is 1.35. The molecule has 0 aliphatic carbocycles. The van der Waals surface area contributed by atoms with Crippen molar-refractivity contribution < 1.29 is 14.1 Å². The van der Waals surface area contributed by atoms with E-state index in [4.69, 9.17) is 9.40 Å². The molecule has 1 atom stereocenters. The number of hydrogen-bond donors (Lipinski definition) is 2. The monoisotopic (exact) mass is 422 g/mol. The molecule has 1 aliphatic rings. The highest BCUT2D eigenvalue weighted by Gasteiger charge is 2.30. The Morgan fingerprint density at radius 3 is 2.87 bits per heavy atom. The highest BCUT2D eigenvalue weighted by molar-refractivity contribution is 7.07. The normalized spacial score (nSPS) is 15.6. The van der Waals surface area contributed by atoms with E-state index in [1.54, 1.807) is 11.8 Å². The molecule has 7 nitrogen and oxygen atoms in total. The van der Waals surface area contributed by atoms with E-state index in [-0.39, 0.29) is 18.5 Å². The van der Waals surface area contributed by atoms with Gasteiger partial charge in [-0.1, -0.05) is 12.1 Å². The lowest BCUT2D eigenvalue weighted by Crippen LogP contribution is -3.11. The molecule has 2 N–H and O–H groups in total. The number of imidazole rings is 1. The van der Waals surface area contributed by atoms with Gasteiger partial charge >= 0.3 is 0 Å². The number of fused-ring (bicyclic) bond motifs is 1. The van der Waals surface area contributed by atoms with E-state index in [1.807, 2.05) is 46.3 Å². The van der Waals surface area contributed by atoms with Crippen molar-refractivity contribution in [3.8, 4) is 11.5 Å². The van der Waals surface area contributed by atoms with E-state index in [2.05, 4.69) is 10.3 Å². The number of carbonyl (C=O) groups is 1. The van der Waals surface area contributed by atoms with Gasteiger partial charge in [0.25, 0.3) is 0 Å². The summed E-state index contributed by atoms with van der Waals surface area (Å²) in [7, 11) is 0. The third-order valence-electron chi connectivity index (χ3n) is 5.75. The first-order valence-electron chi connectivity index (χ1n) is 10.3. The van der Waals surface area contributed by atoms with Gasteiger partial charge in [0.05, 0.1) is 42.4 Å². The number of nitrogens with one attached hydrogen (secondary N) is 2. The minimum absolute atomic E-state index is 0.0372. The number of thiazole rings is 1. The van der Waals surface area contributed by atoms with Crippen LogP contribution < -0.4 is 10.2 Å². The molecule has 0 unspecified atom stereocenters. The third-order valence-corrected chi connectivity index (χ3v) is 6.33. The van der Waals surface area contributed by atoms with Gasteiger partial charge in [-0.05, 0) is 24.3 Å². The van der Waals surface area contributed by atoms with E-state index in [0.29, 0.717) is 6.54 Å². The number of hydrogen-bond acceptors (Lipinski definition) is 5. The molecule has 1 saturated heterocycles. The number of benzene rings is 1. The summed E-state index contributed by atoms with van der Waals surface area (Å²) in [6.07, 6.45) is 4.15. The van der Waals surface area contributed by atoms with Crippen LogP contribution in [0.1, 0.15) is 24.6 Å². The molecule has 1 aromatic carbocycles. The van der Waals surface area contributed by atoms with E-state index in [9.17, 15) is 4.79 Å². The van der Waals surface area contributed by atoms with Crippen LogP contribution in [0.2, 0.25) is 0 Å². The van der Waals surface area contributed by atoms with Crippen molar-refractivity contribution in [2.75, 3.05) is 19.6 Å². The number of amides is 1. The smallest absolute Gasteiger partial charge is 0.240 e. The van der Waals surface area contributed by atoms with Gasteiger partial charge in [0.2, 0.25) is 5.91 Å². The van der Waals surface area contributed by atoms with Gasteiger partial charge in [0.15, 0.2) is 17.6 Å². The Kier molecular flexibility index (Phi) is 5.33. The van der Waals surface area contributed by atoms with Crippen LogP contribution in [-0.4, -0.2) is 40.1 Å². The molecule has 4 heterocycles. The Morgan fingerprint density at radius 2 is 2.10 bits per heavy atom. The first-order valence-corrected chi connectivity index (χ1v) is 11.2. The van der Waals surface area contributed by atoms with Gasteiger partial charge in [-0.2, -0.15) is 0 Å². The Bertz CT molecular complexity index is 1110. The summed E-state index contributed by atoms with van der Waals surface area (Å²) >= 11 is 1.52. The molecule has 0 saturated carbocycles. The SMILES string of the molecule is O=C(Cn1c(-c2cscn2)nc2ccccc21)NC[C@@H](c1ccco1)[NH+]1CCCC1. The summed E-state index contributed by atoms with van der Waals surface area (Å²) in [6, 6.07) is 11.9. The first kappa shape index (κ1) is 19.0. The van der Waals surface area contributed by atoms with Crippen LogP contribution in [-0.2, 0) is 11.3 Å². The average Bonchev–Trinajstić information content (AvgIpc) is 3.55. The van der Waals surface area contributed by atoms with Crippen LogP contribution >= 0.6 is 11.3 Å². The minimum Gasteiger partial charge on any atom is -0.463 e. The van der Waals surface area contributed by atoms with E-state index >= 15 is 0 Å². The standard InChI is InChI=1S/C22H23N5O2S/c28-21(23-12-19(20-8-5-11-29-20)26-9-3-4-10-26)13-27-18-7-2-1-6-16(18)25-22(27)17-14-30-15-24-17/h1-2,5-8,11,14-15,19H,3-4,9-10,12-13H2,(H,23,28)/p+1/t19-/m0/s1. The zero-order chi connectivity index (χ0) is 20.3. The fraction of sp³-hybridized carbons (Fsp3) is 0.318. The van der Waals surface area contributed by atoms with Crippen molar-refractivity contribution in [3.63, 3.8) is 0 Å². The summed E-state index contributed by atoms with van der Waals surface area (Å²) in [5.41, 5.74) is 4.37. The van der Waals surface area contributed by atoms with Gasteiger partial charge in [-0.3, -0.25) is 4.79 Å². The molecule has 0 radical (unpaired) electrons. The lowest BCUT2D eigenvalue weighted by molar-refractivity contribution is -0.919. The number of nitrogens with zero attached hydrogens (tertiary/aromatic N) is 3. The molecule has 5 rings (SSSR count). The number of aromatic nitrogens is 3. The molecular weight excluding hydrogens is 398 g/mol. The molecule has 154 valence electrons. The van der Waals surface area contributed by atoms with Gasteiger partial charge in [-0.25, -0.2) is 9.97 Å². The summed E-state index contributed by atoms with van der Waals surface area (Å²) < 4.78 is 7.63. The molecular formula is C22H24N5O2S+. The van der Waals surface area contributed by atoms with Crippen LogP contribution in [0.5, 0.6) is 0 Å². The summed E-state index contributed by atoms with van der Waals surface area (Å²) in [5.74, 6) is 1.62. The number of likely N-dealkylation sites (tertiary alicyclic amines) is 1. The number of rotatable bonds is 7. The quantitative estimate of drug-likeness (QED) is 0.479. The van der Waals surface area contributed by atoms with Crippen molar-refractivity contribution in [1.29, 1.82) is 0 Å². The second kappa shape index (κ2) is 8.41. The third kappa shape index (κ3) is 3.76. The molecule has 1 amide bonds. The lowest BCUT2D eigenvalue weighted by Gasteiger charge is -2.23. The minimum atomic E-state index is -0.0372. The second-order valence-corrected chi connectivity index (χ2v) is 8.34. The van der Waals surface area contributed by atoms with E-state index < -0.39 is 0 Å². The Labute approximate surface area is 178 Å². The highest BCUT2D eigenvalue weighted by atomic mass is 32.1. The highest BCUT2D eigenvalue weighted by Crippen LogP contribution is 2.24. The van der Waals surface area contributed by atoms with Gasteiger partial charge < -0.3 is 19.2 Å². The van der Waals surface area contributed by atoms with Crippen molar-refractivity contribution in [1.82, 2.24) is 19.9 Å². The molecule has 4 aromatic rings. The van der Waals surface area contributed by atoms with E-state index in [0.717, 1.165) is 41.4 Å². The van der Waals surface area contributed by atoms with Crippen LogP contribution in [0, 0.1) is 0 Å². The molecule has 8 heteroatoms. The zero-order valence-electron chi connectivity index (χ0n) is 16.6. The summed E-state index contributed by atoms with van der Waals surface area (Å²) in [4.78, 5) is 23.5. The zero-order valence-corrected chi connectivity index (χ0v) is 17.4. The number of carbonyl (C=O) groups excluding carboxylic acids is 1. The summed E-state index contributed by atoms with van der Waals surface area (Å²) in [6.45, 7) is 2.98. The molecule has 1 fully saturated rings. The van der Waals surface area contributed by atoms with Gasteiger partial charge in [0, 0.05) is 18.2 Å². The maximum absolute atomic E-state index is 12.9. The number of quaternary nitrogens is 1. The average molecular weight is 423 g/mol. The van der Waals surface area contributed by atoms with Crippen molar-refractivity contribution in [2.45, 2.75) is 25.4 Å². The lowest BCUT2D eigenvalue weighted by atomic mass is 10.2. The van der Waals surface area contributed by atoms with Crippen molar-refractivity contribution in [2.24, 2.45) is 0 Å². The predicted molar refractivity (Wildman–Crippen MR) is 115 cm³/mol. The second-order valence-electron chi connectivity index (χ2n) is 7.62. The molecule has 0 bridgehead atoms. The van der Waals surface area contributed by atoms with Gasteiger partial charge in [-0.15, -0.1) is 11.3 Å². The predicted octanol–water partition coefficient (Wildman–Crippen LogP) is 2.29. The molecule has 1 aliphatic heterocycles. The van der Waals surface area contributed by atoms with Crippen LogP contribution in [0.4, 0.5) is 0 Å². The maximum Gasteiger partial charge on any atom is 0.240 e. The Morgan fingerprint density at radius 1 is 1.23 bits per heavy atom. The molecule has 30 heavy (non-hydrogen) atoms. The fourth-order valence-electron chi connectivity index (χ4n) is 4.28. The molecule has 3 aromatic heterocycles. The number of para-hydroxylation sites is 2. The van der Waals surface area contributed by atoms with Crippen LogP contribution in [0.3, 0.4) is 0 Å². The van der Waals surface area contributed by atoms with Crippen molar-refractivity contribution >= 4 is 28.3 Å².